The third kappa shape index (κ3) is 3.83. The molecule has 0 fully saturated rings. The number of nitrogens with zero attached hydrogens (tertiary/aromatic N) is 3. The number of rotatable bonds is 3. The third-order valence-electron chi connectivity index (χ3n) is 6.76. The molecule has 0 saturated carbocycles. The smallest absolute Gasteiger partial charge is 0.124 e. The van der Waals surface area contributed by atoms with E-state index in [0.717, 1.165) is 47.7 Å². The lowest BCUT2D eigenvalue weighted by Gasteiger charge is -2.10. The predicted octanol–water partition coefficient (Wildman–Crippen LogP) is 9.41. The van der Waals surface area contributed by atoms with Crippen molar-refractivity contribution in [2.75, 3.05) is 0 Å². The Labute approximate surface area is 227 Å². The summed E-state index contributed by atoms with van der Waals surface area (Å²) in [5.74, 6) is 0. The first kappa shape index (κ1) is 22.4. The van der Waals surface area contributed by atoms with E-state index in [9.17, 15) is 10.5 Å². The molecule has 0 spiro atoms. The fourth-order valence-corrected chi connectivity index (χ4v) is 6.98. The van der Waals surface area contributed by atoms with E-state index in [2.05, 4.69) is 54.6 Å². The van der Waals surface area contributed by atoms with Crippen molar-refractivity contribution >= 4 is 53.1 Å². The minimum atomic E-state index is 0.645. The lowest BCUT2D eigenvalue weighted by Crippen LogP contribution is -1.86. The highest BCUT2D eigenvalue weighted by atomic mass is 32.1. The molecule has 5 heteroatoms. The summed E-state index contributed by atoms with van der Waals surface area (Å²) in [6.07, 6.45) is 0. The first-order valence-corrected chi connectivity index (χ1v) is 13.7. The Kier molecular flexibility index (Phi) is 5.27. The van der Waals surface area contributed by atoms with Crippen molar-refractivity contribution in [1.29, 1.82) is 10.5 Å². The maximum absolute atomic E-state index is 9.31. The highest BCUT2D eigenvalue weighted by molar-refractivity contribution is 7.25. The zero-order valence-corrected chi connectivity index (χ0v) is 21.6. The Bertz CT molecular complexity index is 2070. The van der Waals surface area contributed by atoms with Crippen LogP contribution in [0.2, 0.25) is 0 Å². The van der Waals surface area contributed by atoms with Gasteiger partial charge in [-0.1, -0.05) is 42.5 Å². The molecule has 0 amide bonds. The van der Waals surface area contributed by atoms with Gasteiger partial charge in [0.15, 0.2) is 0 Å². The molecular formula is C33H17N3S2. The van der Waals surface area contributed by atoms with Crippen LogP contribution in [-0.2, 0) is 0 Å². The Balaban J connectivity index is 1.41. The topological polar surface area (TPSA) is 60.5 Å². The van der Waals surface area contributed by atoms with Gasteiger partial charge < -0.3 is 0 Å². The van der Waals surface area contributed by atoms with Crippen LogP contribution in [0, 0.1) is 22.7 Å². The molecule has 0 radical (unpaired) electrons. The Hall–Kier alpha value is -4.81. The maximum atomic E-state index is 9.31. The Morgan fingerprint density at radius 1 is 0.500 bits per heavy atom. The van der Waals surface area contributed by atoms with Crippen LogP contribution in [0.15, 0.2) is 103 Å². The van der Waals surface area contributed by atoms with E-state index in [1.54, 1.807) is 22.7 Å². The molecule has 0 aliphatic carbocycles. The van der Waals surface area contributed by atoms with E-state index in [1.807, 2.05) is 60.7 Å². The van der Waals surface area contributed by atoms with Crippen molar-refractivity contribution < 1.29 is 0 Å². The molecule has 0 aliphatic rings. The molecule has 38 heavy (non-hydrogen) atoms. The van der Waals surface area contributed by atoms with E-state index in [1.165, 1.54) is 15.5 Å². The van der Waals surface area contributed by atoms with Gasteiger partial charge in [-0.15, -0.1) is 22.7 Å². The van der Waals surface area contributed by atoms with Crippen LogP contribution in [0.25, 0.3) is 63.2 Å². The van der Waals surface area contributed by atoms with Gasteiger partial charge in [0, 0.05) is 25.7 Å². The molecule has 0 bridgehead atoms. The number of thiophene rings is 1. The van der Waals surface area contributed by atoms with Crippen LogP contribution in [-0.4, -0.2) is 4.98 Å². The van der Waals surface area contributed by atoms with Crippen molar-refractivity contribution in [2.24, 2.45) is 0 Å². The number of fused-ring (bicyclic) bond motifs is 4. The molecular weight excluding hydrogens is 503 g/mol. The van der Waals surface area contributed by atoms with E-state index >= 15 is 0 Å². The number of benzene rings is 5. The Morgan fingerprint density at radius 2 is 1.13 bits per heavy atom. The zero-order chi connectivity index (χ0) is 25.6. The summed E-state index contributed by atoms with van der Waals surface area (Å²) in [6.45, 7) is 0. The molecule has 176 valence electrons. The third-order valence-corrected chi connectivity index (χ3v) is 8.96. The van der Waals surface area contributed by atoms with Gasteiger partial charge in [0.2, 0.25) is 0 Å². The van der Waals surface area contributed by atoms with Crippen molar-refractivity contribution in [2.45, 2.75) is 0 Å². The maximum Gasteiger partial charge on any atom is 0.124 e. The van der Waals surface area contributed by atoms with Crippen LogP contribution in [0.4, 0.5) is 0 Å². The van der Waals surface area contributed by atoms with Gasteiger partial charge in [-0.05, 0) is 82.9 Å². The monoisotopic (exact) mass is 519 g/mol. The number of para-hydroxylation sites is 1. The highest BCUT2D eigenvalue weighted by Crippen LogP contribution is 2.40. The Morgan fingerprint density at radius 3 is 1.89 bits per heavy atom. The lowest BCUT2D eigenvalue weighted by molar-refractivity contribution is 1.47. The van der Waals surface area contributed by atoms with Crippen molar-refractivity contribution in [3.05, 3.63) is 114 Å². The average molecular weight is 520 g/mol. The van der Waals surface area contributed by atoms with Gasteiger partial charge in [0.25, 0.3) is 0 Å². The second-order valence-electron chi connectivity index (χ2n) is 9.11. The first-order valence-electron chi connectivity index (χ1n) is 12.1. The second kappa shape index (κ2) is 8.94. The van der Waals surface area contributed by atoms with Gasteiger partial charge in [0.1, 0.15) is 5.01 Å². The summed E-state index contributed by atoms with van der Waals surface area (Å²) in [4.78, 5) is 4.93. The second-order valence-corrected chi connectivity index (χ2v) is 11.2. The predicted molar refractivity (Wildman–Crippen MR) is 158 cm³/mol. The summed E-state index contributed by atoms with van der Waals surface area (Å²) in [7, 11) is 0. The minimum absolute atomic E-state index is 0.645. The highest BCUT2D eigenvalue weighted by Gasteiger charge is 2.13. The molecule has 0 atom stereocenters. The summed E-state index contributed by atoms with van der Waals surface area (Å²) in [5.41, 5.74) is 7.77. The average Bonchev–Trinajstić information content (AvgIpc) is 3.57. The van der Waals surface area contributed by atoms with Crippen LogP contribution in [0.3, 0.4) is 0 Å². The number of thiazole rings is 1. The molecule has 0 saturated heterocycles. The van der Waals surface area contributed by atoms with Crippen LogP contribution < -0.4 is 0 Å². The standard InChI is InChI=1S/C33H17N3S2/c34-18-20-5-8-22(9-6-20)24-14-25(16-26(15-24)33-36-29-3-1-2-4-30(29)38-33)23-10-12-28-27-11-7-21(19-35)13-31(27)37-32(28)17-23/h1-17H. The number of nitriles is 2. The fourth-order valence-electron chi connectivity index (χ4n) is 4.84. The van der Waals surface area contributed by atoms with Crippen LogP contribution >= 0.6 is 22.7 Å². The molecule has 7 aromatic rings. The van der Waals surface area contributed by atoms with E-state index < -0.39 is 0 Å². The summed E-state index contributed by atoms with van der Waals surface area (Å²) < 4.78 is 3.48. The van der Waals surface area contributed by atoms with Crippen molar-refractivity contribution in [3.63, 3.8) is 0 Å². The minimum Gasteiger partial charge on any atom is -0.236 e. The molecule has 0 aliphatic heterocycles. The molecule has 5 aromatic carbocycles. The molecule has 3 nitrogen and oxygen atoms in total. The number of aromatic nitrogens is 1. The summed E-state index contributed by atoms with van der Waals surface area (Å²) in [5, 5.41) is 21.9. The number of hydrogen-bond donors (Lipinski definition) is 0. The summed E-state index contributed by atoms with van der Waals surface area (Å²) >= 11 is 3.41. The molecule has 2 heterocycles. The van der Waals surface area contributed by atoms with Gasteiger partial charge in [-0.25, -0.2) is 4.98 Å². The van der Waals surface area contributed by atoms with E-state index in [-0.39, 0.29) is 0 Å². The van der Waals surface area contributed by atoms with Gasteiger partial charge >= 0.3 is 0 Å². The molecule has 0 unspecified atom stereocenters. The van der Waals surface area contributed by atoms with E-state index in [4.69, 9.17) is 4.98 Å². The molecule has 7 rings (SSSR count). The first-order chi connectivity index (χ1) is 18.7. The van der Waals surface area contributed by atoms with E-state index in [0.29, 0.717) is 11.1 Å². The molecule has 0 N–H and O–H groups in total. The van der Waals surface area contributed by atoms with Crippen molar-refractivity contribution in [3.8, 4) is 45.0 Å². The molecule has 2 aromatic heterocycles. The zero-order valence-electron chi connectivity index (χ0n) is 20.0. The normalized spacial score (nSPS) is 11.1. The quantitative estimate of drug-likeness (QED) is 0.234. The lowest BCUT2D eigenvalue weighted by atomic mass is 9.95. The summed E-state index contributed by atoms with van der Waals surface area (Å²) in [6, 6.07) is 39.5. The number of hydrogen-bond acceptors (Lipinski definition) is 5. The van der Waals surface area contributed by atoms with Gasteiger partial charge in [0.05, 0.1) is 33.5 Å². The SMILES string of the molecule is N#Cc1ccc(-c2cc(-c3ccc4c(c3)sc3cc(C#N)ccc34)cc(-c3nc4ccccc4s3)c2)cc1. The largest absolute Gasteiger partial charge is 0.236 e. The van der Waals surface area contributed by atoms with Crippen molar-refractivity contribution in [1.82, 2.24) is 4.98 Å². The van der Waals surface area contributed by atoms with Gasteiger partial charge in [-0.3, -0.25) is 0 Å². The van der Waals surface area contributed by atoms with Crippen LogP contribution in [0.1, 0.15) is 11.1 Å². The fraction of sp³-hybridized carbons (Fsp3) is 0. The van der Waals surface area contributed by atoms with Crippen LogP contribution in [0.5, 0.6) is 0 Å². The van der Waals surface area contributed by atoms with Gasteiger partial charge in [-0.2, -0.15) is 10.5 Å².